The molecule has 0 heterocycles. The maximum Gasteiger partial charge on any atom is 0.248 e. The van der Waals surface area contributed by atoms with E-state index in [0.29, 0.717) is 18.7 Å². The van der Waals surface area contributed by atoms with Gasteiger partial charge in [-0.25, -0.2) is 0 Å². The van der Waals surface area contributed by atoms with Crippen LogP contribution >= 0.6 is 0 Å². The molecule has 2 amide bonds. The van der Waals surface area contributed by atoms with Crippen LogP contribution in [0, 0.1) is 0 Å². The zero-order chi connectivity index (χ0) is 13.5. The third kappa shape index (κ3) is 4.18. The topological polar surface area (TPSA) is 75.4 Å². The first-order valence-corrected chi connectivity index (χ1v) is 5.88. The number of primary amides is 1. The number of amides is 2. The lowest BCUT2D eigenvalue weighted by molar-refractivity contribution is -0.129. The number of nitrogens with zero attached hydrogens (tertiary/aromatic N) is 1. The summed E-state index contributed by atoms with van der Waals surface area (Å²) in [4.78, 5) is 24.2. The number of nitrogens with two attached hydrogens (primary N) is 1. The first kappa shape index (κ1) is 14.2. The number of carbonyl (C=O) groups excluding carboxylic acids is 2. The monoisotopic (exact) mass is 249 g/mol. The van der Waals surface area contributed by atoms with Gasteiger partial charge in [-0.1, -0.05) is 19.1 Å². The zero-order valence-electron chi connectivity index (χ0n) is 10.8. The van der Waals surface area contributed by atoms with Crippen LogP contribution in [0.3, 0.4) is 0 Å². The van der Waals surface area contributed by atoms with E-state index >= 15 is 0 Å². The Morgan fingerprint density at radius 3 is 2.39 bits per heavy atom. The van der Waals surface area contributed by atoms with E-state index in [1.165, 1.54) is 0 Å². The molecule has 98 valence electrons. The molecule has 0 spiro atoms. The van der Waals surface area contributed by atoms with Crippen LogP contribution in [0.1, 0.15) is 22.8 Å². The van der Waals surface area contributed by atoms with Gasteiger partial charge in [0.1, 0.15) is 0 Å². The zero-order valence-corrected chi connectivity index (χ0v) is 10.8. The van der Waals surface area contributed by atoms with Gasteiger partial charge in [0.05, 0.1) is 6.54 Å². The molecule has 3 N–H and O–H groups in total. The summed E-state index contributed by atoms with van der Waals surface area (Å²) in [5.41, 5.74) is 6.59. The fraction of sp³-hybridized carbons (Fsp3) is 0.385. The van der Waals surface area contributed by atoms with Gasteiger partial charge < -0.3 is 16.0 Å². The van der Waals surface area contributed by atoms with E-state index in [1.807, 2.05) is 6.92 Å². The van der Waals surface area contributed by atoms with Crippen molar-refractivity contribution in [3.63, 3.8) is 0 Å². The van der Waals surface area contributed by atoms with E-state index in [-0.39, 0.29) is 5.91 Å². The molecule has 0 fully saturated rings. The summed E-state index contributed by atoms with van der Waals surface area (Å²) in [6.45, 7) is 3.58. The highest BCUT2D eigenvalue weighted by Crippen LogP contribution is 2.06. The van der Waals surface area contributed by atoms with Crippen molar-refractivity contribution in [2.75, 3.05) is 20.1 Å². The van der Waals surface area contributed by atoms with Crippen LogP contribution in [0.5, 0.6) is 0 Å². The minimum atomic E-state index is -0.446. The highest BCUT2D eigenvalue weighted by atomic mass is 16.2. The van der Waals surface area contributed by atoms with Crippen molar-refractivity contribution < 1.29 is 9.59 Å². The highest BCUT2D eigenvalue weighted by Gasteiger charge is 2.08. The van der Waals surface area contributed by atoms with Crippen molar-refractivity contribution in [3.05, 3.63) is 35.4 Å². The highest BCUT2D eigenvalue weighted by molar-refractivity contribution is 5.92. The second-order valence-corrected chi connectivity index (χ2v) is 4.09. The van der Waals surface area contributed by atoms with E-state index in [0.717, 1.165) is 12.1 Å². The summed E-state index contributed by atoms with van der Waals surface area (Å²) in [5.74, 6) is -0.408. The molecule has 0 aliphatic heterocycles. The molecule has 1 aromatic rings. The normalized spacial score (nSPS) is 10.1. The largest absolute Gasteiger partial charge is 0.366 e. The van der Waals surface area contributed by atoms with Gasteiger partial charge in [-0.3, -0.25) is 9.59 Å². The number of nitrogens with one attached hydrogen (secondary N) is 1. The number of hydrogen-bond donors (Lipinski definition) is 2. The average Bonchev–Trinajstić information content (AvgIpc) is 2.36. The maximum atomic E-state index is 11.7. The predicted molar refractivity (Wildman–Crippen MR) is 70.0 cm³/mol. The van der Waals surface area contributed by atoms with Gasteiger partial charge in [-0.2, -0.15) is 0 Å². The van der Waals surface area contributed by atoms with E-state index in [4.69, 9.17) is 5.73 Å². The number of benzene rings is 1. The van der Waals surface area contributed by atoms with E-state index < -0.39 is 5.91 Å². The fourth-order valence-electron chi connectivity index (χ4n) is 1.50. The minimum absolute atomic E-state index is 0.0378. The smallest absolute Gasteiger partial charge is 0.248 e. The quantitative estimate of drug-likeness (QED) is 0.764. The van der Waals surface area contributed by atoms with Gasteiger partial charge in [0.2, 0.25) is 11.8 Å². The lowest BCUT2D eigenvalue weighted by Crippen LogP contribution is -2.35. The third-order valence-electron chi connectivity index (χ3n) is 2.61. The molecule has 0 saturated carbocycles. The van der Waals surface area contributed by atoms with Crippen molar-refractivity contribution in [2.24, 2.45) is 5.73 Å². The summed E-state index contributed by atoms with van der Waals surface area (Å²) in [6, 6.07) is 6.94. The van der Waals surface area contributed by atoms with Gasteiger partial charge >= 0.3 is 0 Å². The summed E-state index contributed by atoms with van der Waals surface area (Å²) in [7, 11) is 1.75. The van der Waals surface area contributed by atoms with Gasteiger partial charge in [-0.05, 0) is 24.2 Å². The average molecular weight is 249 g/mol. The predicted octanol–water partition coefficient (Wildman–Crippen LogP) is 0.353. The Hall–Kier alpha value is -1.88. The van der Waals surface area contributed by atoms with Crippen LogP contribution in [0.15, 0.2) is 24.3 Å². The Morgan fingerprint density at radius 1 is 1.28 bits per heavy atom. The van der Waals surface area contributed by atoms with Gasteiger partial charge in [0.15, 0.2) is 0 Å². The van der Waals surface area contributed by atoms with Crippen LogP contribution in [0.2, 0.25) is 0 Å². The molecule has 0 radical (unpaired) electrons. The van der Waals surface area contributed by atoms with Crippen LogP contribution < -0.4 is 11.1 Å². The molecule has 0 unspecified atom stereocenters. The van der Waals surface area contributed by atoms with Crippen molar-refractivity contribution in [2.45, 2.75) is 13.5 Å². The summed E-state index contributed by atoms with van der Waals surface area (Å²) >= 11 is 0. The molecule has 0 saturated heterocycles. The van der Waals surface area contributed by atoms with Gasteiger partial charge in [0, 0.05) is 19.2 Å². The molecule has 0 atom stereocenters. The Bertz CT molecular complexity index is 415. The van der Waals surface area contributed by atoms with Crippen molar-refractivity contribution in [3.8, 4) is 0 Å². The molecule has 5 nitrogen and oxygen atoms in total. The van der Waals surface area contributed by atoms with Crippen molar-refractivity contribution in [1.82, 2.24) is 10.2 Å². The van der Waals surface area contributed by atoms with Crippen LogP contribution in [-0.4, -0.2) is 36.9 Å². The third-order valence-corrected chi connectivity index (χ3v) is 2.61. The number of rotatable bonds is 6. The summed E-state index contributed by atoms with van der Waals surface area (Å²) in [6.07, 6.45) is 0. The lowest BCUT2D eigenvalue weighted by atomic mass is 10.1. The summed E-state index contributed by atoms with van der Waals surface area (Å²) < 4.78 is 0. The molecule has 1 aromatic carbocycles. The van der Waals surface area contributed by atoms with Gasteiger partial charge in [-0.15, -0.1) is 0 Å². The number of carbonyl (C=O) groups is 2. The van der Waals surface area contributed by atoms with Gasteiger partial charge in [0.25, 0.3) is 0 Å². The lowest BCUT2D eigenvalue weighted by Gasteiger charge is -2.17. The molecule has 1 rings (SSSR count). The molecular weight excluding hydrogens is 230 g/mol. The first-order valence-electron chi connectivity index (χ1n) is 5.88. The molecule has 0 aliphatic carbocycles. The van der Waals surface area contributed by atoms with E-state index in [9.17, 15) is 9.59 Å². The molecule has 0 aromatic heterocycles. The Kier molecular flexibility index (Phi) is 5.32. The molecule has 5 heteroatoms. The van der Waals surface area contributed by atoms with Crippen LogP contribution in [0.4, 0.5) is 0 Å². The molecule has 18 heavy (non-hydrogen) atoms. The Labute approximate surface area is 107 Å². The molecule has 0 aliphatic rings. The number of hydrogen-bond acceptors (Lipinski definition) is 3. The Morgan fingerprint density at radius 2 is 1.89 bits per heavy atom. The molecular formula is C13H19N3O2. The van der Waals surface area contributed by atoms with E-state index in [1.54, 1.807) is 36.2 Å². The number of likely N-dealkylation sites (N-methyl/N-ethyl adjacent to an activating group) is 2. The second-order valence-electron chi connectivity index (χ2n) is 4.09. The van der Waals surface area contributed by atoms with Crippen molar-refractivity contribution in [1.29, 1.82) is 0 Å². The van der Waals surface area contributed by atoms with Crippen LogP contribution in [-0.2, 0) is 11.3 Å². The van der Waals surface area contributed by atoms with E-state index in [2.05, 4.69) is 5.32 Å². The summed E-state index contributed by atoms with van der Waals surface area (Å²) in [5, 5.41) is 2.99. The maximum absolute atomic E-state index is 11.7. The Balaban J connectivity index is 2.56. The molecule has 0 bridgehead atoms. The van der Waals surface area contributed by atoms with Crippen LogP contribution in [0.25, 0.3) is 0 Å². The SMILES string of the molecule is CCNCC(=O)N(C)Cc1ccc(C(N)=O)cc1. The fourth-order valence-corrected chi connectivity index (χ4v) is 1.50. The first-order chi connectivity index (χ1) is 8.54. The second kappa shape index (κ2) is 6.76. The minimum Gasteiger partial charge on any atom is -0.366 e. The standard InChI is InChI=1S/C13H19N3O2/c1-3-15-8-12(17)16(2)9-10-4-6-11(7-5-10)13(14)18/h4-7,15H,3,8-9H2,1-2H3,(H2,14,18). The van der Waals surface area contributed by atoms with Crippen molar-refractivity contribution >= 4 is 11.8 Å².